The summed E-state index contributed by atoms with van der Waals surface area (Å²) < 4.78 is 0. The largest absolute Gasteiger partial charge is 0.393 e. The molecule has 2 nitrogen and oxygen atoms in total. The van der Waals surface area contributed by atoms with Gasteiger partial charge >= 0.3 is 0 Å². The molecule has 0 amide bonds. The highest BCUT2D eigenvalue weighted by atomic mass is 16.3. The van der Waals surface area contributed by atoms with Crippen LogP contribution in [0.3, 0.4) is 0 Å². The van der Waals surface area contributed by atoms with Gasteiger partial charge in [0.2, 0.25) is 0 Å². The minimum Gasteiger partial charge on any atom is -0.393 e. The first-order valence-corrected chi connectivity index (χ1v) is 13.0. The summed E-state index contributed by atoms with van der Waals surface area (Å²) in [5.41, 5.74) is 4.07. The summed E-state index contributed by atoms with van der Waals surface area (Å²) >= 11 is 0. The van der Waals surface area contributed by atoms with Gasteiger partial charge in [-0.05, 0) is 92.4 Å². The molecule has 0 aromatic heterocycles. The maximum Gasteiger partial charge on any atom is 0.182 e. The molecule has 4 rings (SSSR count). The summed E-state index contributed by atoms with van der Waals surface area (Å²) in [6, 6.07) is 0. The number of allylic oxidation sites excluding steroid dienone is 5. The topological polar surface area (TPSA) is 37.3 Å². The summed E-state index contributed by atoms with van der Waals surface area (Å²) in [7, 11) is 0. The Morgan fingerprint density at radius 2 is 1.87 bits per heavy atom. The van der Waals surface area contributed by atoms with Gasteiger partial charge in [0.1, 0.15) is 0 Å². The third-order valence-corrected chi connectivity index (χ3v) is 10.00. The van der Waals surface area contributed by atoms with E-state index in [0.717, 1.165) is 25.7 Å². The van der Waals surface area contributed by atoms with Crippen molar-refractivity contribution in [3.63, 3.8) is 0 Å². The Balaban J connectivity index is 1.61. The number of carbonyl (C=O) groups is 1. The van der Waals surface area contributed by atoms with Gasteiger partial charge in [-0.3, -0.25) is 4.79 Å². The molecular weight excluding hydrogens is 380 g/mol. The second-order valence-electron chi connectivity index (χ2n) is 12.0. The SMILES string of the molecule is CCC(C=C[C@@H](C)[C@H]1CC[C@H]2C3=C(CC[C@]12C)[C@@]1(C)CCC(O)CC1=CC3=O)C(C)C. The van der Waals surface area contributed by atoms with Crippen LogP contribution in [0.5, 0.6) is 0 Å². The molecule has 31 heavy (non-hydrogen) atoms. The first-order valence-electron chi connectivity index (χ1n) is 13.0. The molecule has 0 saturated heterocycles. The van der Waals surface area contributed by atoms with Crippen LogP contribution in [0.15, 0.2) is 34.9 Å². The highest BCUT2D eigenvalue weighted by molar-refractivity contribution is 6.07. The average molecular weight is 425 g/mol. The molecule has 2 fully saturated rings. The maximum absolute atomic E-state index is 13.4. The molecule has 172 valence electrons. The highest BCUT2D eigenvalue weighted by Crippen LogP contribution is 2.64. The fourth-order valence-electron chi connectivity index (χ4n) is 7.87. The van der Waals surface area contributed by atoms with Gasteiger partial charge in [-0.15, -0.1) is 0 Å². The Hall–Kier alpha value is -1.15. The molecule has 0 heterocycles. The Kier molecular flexibility index (Phi) is 6.18. The van der Waals surface area contributed by atoms with E-state index < -0.39 is 0 Å². The number of hydrogen-bond acceptors (Lipinski definition) is 2. The molecule has 0 aliphatic heterocycles. The van der Waals surface area contributed by atoms with Gasteiger partial charge < -0.3 is 5.11 Å². The number of aliphatic hydroxyl groups is 1. The fourth-order valence-corrected chi connectivity index (χ4v) is 7.87. The van der Waals surface area contributed by atoms with Gasteiger partial charge in [0, 0.05) is 11.0 Å². The average Bonchev–Trinajstić information content (AvgIpc) is 3.06. The molecule has 0 radical (unpaired) electrons. The predicted octanol–water partition coefficient (Wildman–Crippen LogP) is 7.04. The molecule has 0 bridgehead atoms. The van der Waals surface area contributed by atoms with Crippen LogP contribution >= 0.6 is 0 Å². The highest BCUT2D eigenvalue weighted by Gasteiger charge is 2.56. The van der Waals surface area contributed by atoms with E-state index in [1.807, 2.05) is 6.08 Å². The Bertz CT molecular complexity index is 815. The third-order valence-electron chi connectivity index (χ3n) is 10.00. The van der Waals surface area contributed by atoms with Gasteiger partial charge in [-0.25, -0.2) is 0 Å². The molecule has 2 unspecified atom stereocenters. The Morgan fingerprint density at radius 3 is 2.55 bits per heavy atom. The molecule has 7 atom stereocenters. The van der Waals surface area contributed by atoms with Crippen molar-refractivity contribution in [1.82, 2.24) is 0 Å². The zero-order chi connectivity index (χ0) is 22.6. The van der Waals surface area contributed by atoms with Gasteiger partial charge in [-0.1, -0.05) is 64.8 Å². The van der Waals surface area contributed by atoms with Gasteiger partial charge in [0.05, 0.1) is 6.10 Å². The zero-order valence-electron chi connectivity index (χ0n) is 20.7. The van der Waals surface area contributed by atoms with E-state index in [0.29, 0.717) is 36.0 Å². The van der Waals surface area contributed by atoms with E-state index in [-0.39, 0.29) is 22.7 Å². The van der Waals surface area contributed by atoms with Gasteiger partial charge in [-0.2, -0.15) is 0 Å². The number of ketones is 1. The van der Waals surface area contributed by atoms with Crippen LogP contribution in [0, 0.1) is 40.4 Å². The van der Waals surface area contributed by atoms with Crippen molar-refractivity contribution in [1.29, 1.82) is 0 Å². The third kappa shape index (κ3) is 3.71. The van der Waals surface area contributed by atoms with Crippen molar-refractivity contribution in [3.8, 4) is 0 Å². The van der Waals surface area contributed by atoms with Crippen LogP contribution in [-0.4, -0.2) is 17.0 Å². The quantitative estimate of drug-likeness (QED) is 0.480. The molecule has 0 aromatic carbocycles. The van der Waals surface area contributed by atoms with Crippen molar-refractivity contribution in [2.75, 3.05) is 0 Å². The summed E-state index contributed by atoms with van der Waals surface area (Å²) in [5, 5.41) is 10.2. The molecule has 4 aliphatic rings. The van der Waals surface area contributed by atoms with Crippen LogP contribution in [0.4, 0.5) is 0 Å². The fraction of sp³-hybridized carbons (Fsp3) is 0.759. The number of fused-ring (bicyclic) bond motifs is 4. The van der Waals surface area contributed by atoms with Crippen molar-refractivity contribution < 1.29 is 9.90 Å². The second kappa shape index (κ2) is 8.32. The van der Waals surface area contributed by atoms with E-state index in [2.05, 4.69) is 53.7 Å². The summed E-state index contributed by atoms with van der Waals surface area (Å²) in [5.74, 6) is 3.26. The normalized spacial score (nSPS) is 39.9. The smallest absolute Gasteiger partial charge is 0.182 e. The van der Waals surface area contributed by atoms with Crippen molar-refractivity contribution in [2.24, 2.45) is 40.4 Å². The molecule has 4 aliphatic carbocycles. The lowest BCUT2D eigenvalue weighted by Gasteiger charge is -2.51. The standard InChI is InChI=1S/C29H44O2/c1-7-20(18(2)3)9-8-19(4)23-10-11-24-27-25(13-15-29(23,24)6)28(5)14-12-22(30)16-21(28)17-26(27)31/h8-9,17-20,22-24,30H,7,10-16H2,1-6H3/t19-,20?,22?,23-,24+,28+,29-/m1/s1. The molecule has 1 N–H and O–H groups in total. The monoisotopic (exact) mass is 424 g/mol. The van der Waals surface area contributed by atoms with E-state index in [4.69, 9.17) is 0 Å². The first-order chi connectivity index (χ1) is 14.6. The van der Waals surface area contributed by atoms with E-state index in [9.17, 15) is 9.90 Å². The van der Waals surface area contributed by atoms with E-state index >= 15 is 0 Å². The summed E-state index contributed by atoms with van der Waals surface area (Å²) in [4.78, 5) is 13.4. The second-order valence-corrected chi connectivity index (χ2v) is 12.0. The van der Waals surface area contributed by atoms with Crippen LogP contribution in [0.1, 0.15) is 92.9 Å². The van der Waals surface area contributed by atoms with Crippen LogP contribution in [0.2, 0.25) is 0 Å². The molecule has 2 saturated carbocycles. The van der Waals surface area contributed by atoms with Gasteiger partial charge in [0.25, 0.3) is 0 Å². The van der Waals surface area contributed by atoms with Crippen LogP contribution in [0.25, 0.3) is 0 Å². The summed E-state index contributed by atoms with van der Waals surface area (Å²) in [6.07, 6.45) is 15.0. The number of aliphatic hydroxyl groups excluding tert-OH is 1. The Morgan fingerprint density at radius 1 is 1.13 bits per heavy atom. The minimum atomic E-state index is -0.274. The minimum absolute atomic E-state index is 0.0129. The first kappa shape index (κ1) is 23.0. The van der Waals surface area contributed by atoms with Crippen LogP contribution < -0.4 is 0 Å². The predicted molar refractivity (Wildman–Crippen MR) is 129 cm³/mol. The number of carbonyl (C=O) groups excluding carboxylic acids is 1. The lowest BCUT2D eigenvalue weighted by atomic mass is 9.53. The van der Waals surface area contributed by atoms with E-state index in [1.165, 1.54) is 36.0 Å². The molecule has 0 aromatic rings. The van der Waals surface area contributed by atoms with Crippen molar-refractivity contribution in [2.45, 2.75) is 99.0 Å². The van der Waals surface area contributed by atoms with Crippen molar-refractivity contribution >= 4 is 5.78 Å². The van der Waals surface area contributed by atoms with Gasteiger partial charge in [0.15, 0.2) is 5.78 Å². The molecule has 2 heteroatoms. The summed E-state index contributed by atoms with van der Waals surface area (Å²) in [6.45, 7) is 14.2. The van der Waals surface area contributed by atoms with E-state index in [1.54, 1.807) is 0 Å². The lowest BCUT2D eigenvalue weighted by Crippen LogP contribution is -2.44. The Labute approximate surface area is 190 Å². The molecular formula is C29H44O2. The maximum atomic E-state index is 13.4. The lowest BCUT2D eigenvalue weighted by molar-refractivity contribution is -0.113. The number of rotatable bonds is 5. The van der Waals surface area contributed by atoms with Crippen molar-refractivity contribution in [3.05, 3.63) is 34.9 Å². The number of hydrogen-bond donors (Lipinski definition) is 1. The molecule has 0 spiro atoms. The zero-order valence-corrected chi connectivity index (χ0v) is 20.7. The van der Waals surface area contributed by atoms with Crippen LogP contribution in [-0.2, 0) is 4.79 Å².